The molecule has 12 heteroatoms. The van der Waals surface area contributed by atoms with Gasteiger partial charge in [-0.15, -0.1) is 0 Å². The second-order valence-corrected chi connectivity index (χ2v) is 6.10. The number of aryl methyl sites for hydroxylation is 1. The third-order valence-electron chi connectivity index (χ3n) is 3.74. The number of hydrogen-bond acceptors (Lipinski definition) is 3. The van der Waals surface area contributed by atoms with Crippen molar-refractivity contribution in [2.24, 2.45) is 0 Å². The Bertz CT molecular complexity index is 1070. The average molecular weight is 423 g/mol. The first-order valence-electron chi connectivity index (χ1n) is 7.48. The Morgan fingerprint density at radius 1 is 1.11 bits per heavy atom. The van der Waals surface area contributed by atoms with Gasteiger partial charge in [-0.25, -0.2) is 9.97 Å². The third kappa shape index (κ3) is 3.75. The Balaban J connectivity index is 1.99. The second-order valence-electron chi connectivity index (χ2n) is 5.70. The number of imidazole rings is 1. The monoisotopic (exact) mass is 422 g/mol. The van der Waals surface area contributed by atoms with Gasteiger partial charge in [-0.1, -0.05) is 11.6 Å². The summed E-state index contributed by atoms with van der Waals surface area (Å²) in [6.45, 7) is 1.40. The smallest absolute Gasteiger partial charge is 0.304 e. The number of carbonyl (C=O) groups is 1. The van der Waals surface area contributed by atoms with Gasteiger partial charge in [0.1, 0.15) is 11.3 Å². The SMILES string of the molecule is Cc1nc2ccc(C(F)(F)F)cn2c1C(=O)Nc1ncc(C(F)(F)F)cc1Cl. The molecule has 0 saturated carbocycles. The van der Waals surface area contributed by atoms with Gasteiger partial charge in [-0.05, 0) is 25.1 Å². The molecule has 3 heterocycles. The molecule has 0 atom stereocenters. The van der Waals surface area contributed by atoms with E-state index in [0.717, 1.165) is 16.5 Å². The first kappa shape index (κ1) is 19.9. The minimum Gasteiger partial charge on any atom is -0.304 e. The number of halogens is 7. The van der Waals surface area contributed by atoms with Gasteiger partial charge in [-0.2, -0.15) is 26.3 Å². The van der Waals surface area contributed by atoms with Crippen LogP contribution in [0.4, 0.5) is 32.2 Å². The second kappa shape index (κ2) is 6.66. The molecule has 3 rings (SSSR count). The summed E-state index contributed by atoms with van der Waals surface area (Å²) in [7, 11) is 0. The van der Waals surface area contributed by atoms with Crippen molar-refractivity contribution < 1.29 is 31.1 Å². The van der Waals surface area contributed by atoms with Crippen LogP contribution in [0.25, 0.3) is 5.65 Å². The number of pyridine rings is 2. The minimum absolute atomic E-state index is 0.0853. The van der Waals surface area contributed by atoms with E-state index in [-0.39, 0.29) is 22.9 Å². The molecule has 0 radical (unpaired) electrons. The fraction of sp³-hybridized carbons (Fsp3) is 0.188. The zero-order valence-corrected chi connectivity index (χ0v) is 14.5. The van der Waals surface area contributed by atoms with Crippen LogP contribution in [0.15, 0.2) is 30.6 Å². The maximum Gasteiger partial charge on any atom is 0.417 e. The van der Waals surface area contributed by atoms with Crippen LogP contribution in [0.2, 0.25) is 5.02 Å². The van der Waals surface area contributed by atoms with Crippen molar-refractivity contribution in [1.29, 1.82) is 0 Å². The molecular weight excluding hydrogens is 414 g/mol. The molecule has 0 saturated heterocycles. The normalized spacial score (nSPS) is 12.4. The van der Waals surface area contributed by atoms with E-state index in [9.17, 15) is 31.1 Å². The van der Waals surface area contributed by atoms with E-state index in [0.29, 0.717) is 18.5 Å². The van der Waals surface area contributed by atoms with Crippen molar-refractivity contribution in [3.05, 3.63) is 58.1 Å². The summed E-state index contributed by atoms with van der Waals surface area (Å²) >= 11 is 5.74. The molecule has 28 heavy (non-hydrogen) atoms. The van der Waals surface area contributed by atoms with Crippen LogP contribution < -0.4 is 5.32 Å². The fourth-order valence-corrected chi connectivity index (χ4v) is 2.67. The maximum atomic E-state index is 12.9. The Morgan fingerprint density at radius 2 is 1.75 bits per heavy atom. The van der Waals surface area contributed by atoms with Crippen LogP contribution in [0.5, 0.6) is 0 Å². The number of nitrogens with zero attached hydrogens (tertiary/aromatic N) is 3. The highest BCUT2D eigenvalue weighted by Gasteiger charge is 2.33. The number of amides is 1. The summed E-state index contributed by atoms with van der Waals surface area (Å²) in [5.74, 6) is -1.31. The number of alkyl halides is 6. The standard InChI is InChI=1S/C16H9ClF6N4O/c1-7-12(27-6-8(15(18,19)20)2-3-11(27)25-7)14(28)26-13-10(17)4-9(5-24-13)16(21,22)23/h2-6H,1H3,(H,24,26,28). The molecular formula is C16H9ClF6N4O. The largest absolute Gasteiger partial charge is 0.417 e. The predicted octanol–water partition coefficient (Wildman–Crippen LogP) is 4.98. The van der Waals surface area contributed by atoms with E-state index in [4.69, 9.17) is 11.6 Å². The van der Waals surface area contributed by atoms with Crippen molar-refractivity contribution in [2.45, 2.75) is 19.3 Å². The van der Waals surface area contributed by atoms with Gasteiger partial charge in [0.05, 0.1) is 21.8 Å². The molecule has 3 aromatic rings. The van der Waals surface area contributed by atoms with Crippen LogP contribution >= 0.6 is 11.6 Å². The molecule has 0 fully saturated rings. The molecule has 148 valence electrons. The number of fused-ring (bicyclic) bond motifs is 1. The maximum absolute atomic E-state index is 12.9. The number of aromatic nitrogens is 3. The summed E-state index contributed by atoms with van der Waals surface area (Å²) in [6, 6.07) is 2.49. The Hall–Kier alpha value is -2.82. The molecule has 3 aromatic heterocycles. The van der Waals surface area contributed by atoms with Crippen molar-refractivity contribution in [1.82, 2.24) is 14.4 Å². The van der Waals surface area contributed by atoms with E-state index >= 15 is 0 Å². The average Bonchev–Trinajstić information content (AvgIpc) is 2.89. The molecule has 0 aliphatic carbocycles. The molecule has 1 amide bonds. The van der Waals surface area contributed by atoms with Crippen LogP contribution in [-0.4, -0.2) is 20.3 Å². The summed E-state index contributed by atoms with van der Waals surface area (Å²) < 4.78 is 77.7. The molecule has 0 unspecified atom stereocenters. The Labute approximate surface area is 158 Å². The summed E-state index contributed by atoms with van der Waals surface area (Å²) in [5.41, 5.74) is -2.16. The molecule has 0 spiro atoms. The van der Waals surface area contributed by atoms with Gasteiger partial charge < -0.3 is 5.32 Å². The van der Waals surface area contributed by atoms with Gasteiger partial charge in [0, 0.05) is 12.4 Å². The lowest BCUT2D eigenvalue weighted by Crippen LogP contribution is -2.18. The van der Waals surface area contributed by atoms with Gasteiger partial charge in [0.25, 0.3) is 5.91 Å². The summed E-state index contributed by atoms with van der Waals surface area (Å²) in [6.07, 6.45) is -8.14. The molecule has 0 aliphatic rings. The van der Waals surface area contributed by atoms with Crippen molar-refractivity contribution in [3.63, 3.8) is 0 Å². The lowest BCUT2D eigenvalue weighted by Gasteiger charge is -2.11. The number of nitrogens with one attached hydrogen (secondary N) is 1. The van der Waals surface area contributed by atoms with Gasteiger partial charge >= 0.3 is 12.4 Å². The highest BCUT2D eigenvalue weighted by atomic mass is 35.5. The first-order chi connectivity index (χ1) is 12.9. The van der Waals surface area contributed by atoms with Crippen LogP contribution in [0.1, 0.15) is 27.3 Å². The van der Waals surface area contributed by atoms with Crippen molar-refractivity contribution in [2.75, 3.05) is 5.32 Å². The lowest BCUT2D eigenvalue weighted by molar-refractivity contribution is -0.138. The van der Waals surface area contributed by atoms with Crippen LogP contribution in [-0.2, 0) is 12.4 Å². The Morgan fingerprint density at radius 3 is 2.32 bits per heavy atom. The highest BCUT2D eigenvalue weighted by molar-refractivity contribution is 6.33. The van der Waals surface area contributed by atoms with E-state index in [2.05, 4.69) is 15.3 Å². The van der Waals surface area contributed by atoms with E-state index < -0.39 is 34.4 Å². The molecule has 0 bridgehead atoms. The van der Waals surface area contributed by atoms with Gasteiger partial charge in [0.15, 0.2) is 5.82 Å². The van der Waals surface area contributed by atoms with E-state index in [1.807, 2.05) is 0 Å². The molecule has 0 aliphatic heterocycles. The van der Waals surface area contributed by atoms with Crippen molar-refractivity contribution >= 4 is 29.0 Å². The lowest BCUT2D eigenvalue weighted by atomic mass is 10.2. The topological polar surface area (TPSA) is 59.3 Å². The van der Waals surface area contributed by atoms with E-state index in [1.165, 1.54) is 6.92 Å². The molecule has 5 nitrogen and oxygen atoms in total. The zero-order chi connectivity index (χ0) is 20.9. The van der Waals surface area contributed by atoms with Gasteiger partial charge in [0.2, 0.25) is 0 Å². The number of carbonyl (C=O) groups excluding carboxylic acids is 1. The molecule has 0 aromatic carbocycles. The van der Waals surface area contributed by atoms with E-state index in [1.54, 1.807) is 0 Å². The third-order valence-corrected chi connectivity index (χ3v) is 4.02. The minimum atomic E-state index is -4.68. The van der Waals surface area contributed by atoms with Gasteiger partial charge in [-0.3, -0.25) is 9.20 Å². The van der Waals surface area contributed by atoms with Crippen LogP contribution in [0.3, 0.4) is 0 Å². The number of rotatable bonds is 2. The first-order valence-corrected chi connectivity index (χ1v) is 7.85. The summed E-state index contributed by atoms with van der Waals surface area (Å²) in [4.78, 5) is 20.0. The quantitative estimate of drug-likeness (QED) is 0.592. The summed E-state index contributed by atoms with van der Waals surface area (Å²) in [5, 5.41) is 1.71. The zero-order valence-electron chi connectivity index (χ0n) is 13.8. The number of hydrogen-bond donors (Lipinski definition) is 1. The van der Waals surface area contributed by atoms with Crippen molar-refractivity contribution in [3.8, 4) is 0 Å². The highest BCUT2D eigenvalue weighted by Crippen LogP contribution is 2.33. The fourth-order valence-electron chi connectivity index (χ4n) is 2.46. The molecule has 1 N–H and O–H groups in total. The van der Waals surface area contributed by atoms with Crippen LogP contribution in [0, 0.1) is 6.92 Å². The number of anilines is 1. The predicted molar refractivity (Wildman–Crippen MR) is 87.1 cm³/mol. The Kier molecular flexibility index (Phi) is 4.74.